The summed E-state index contributed by atoms with van der Waals surface area (Å²) in [6.45, 7) is 8.32. The number of nitrogens with zero attached hydrogens (tertiary/aromatic N) is 1. The Morgan fingerprint density at radius 3 is 2.74 bits per heavy atom. The summed E-state index contributed by atoms with van der Waals surface area (Å²) in [6.07, 6.45) is 2.80. The van der Waals surface area contributed by atoms with E-state index in [0.717, 1.165) is 32.4 Å². The summed E-state index contributed by atoms with van der Waals surface area (Å²) in [7, 11) is 0. The zero-order chi connectivity index (χ0) is 14.0. The molecule has 2 aliphatic heterocycles. The Hall–Kier alpha value is -1.10. The molecule has 0 aromatic rings. The second-order valence-corrected chi connectivity index (χ2v) is 6.67. The molecule has 2 saturated heterocycles. The van der Waals surface area contributed by atoms with Crippen molar-refractivity contribution >= 4 is 11.8 Å². The van der Waals surface area contributed by atoms with E-state index in [2.05, 4.69) is 15.5 Å². The van der Waals surface area contributed by atoms with Crippen LogP contribution in [0.5, 0.6) is 0 Å². The molecule has 2 atom stereocenters. The zero-order valence-corrected chi connectivity index (χ0v) is 12.2. The Labute approximate surface area is 115 Å². The van der Waals surface area contributed by atoms with Crippen LogP contribution in [0.3, 0.4) is 0 Å². The standard InChI is InChI=1S/C14H25N3O2/c1-14(2,3)16-12(18)10-6-8-17(9-10)11-5-4-7-15-13(11)19/h10-11H,4-9H2,1-3H3,(H,15,19)(H,16,18). The molecule has 0 aromatic heterocycles. The number of hydrogen-bond acceptors (Lipinski definition) is 3. The van der Waals surface area contributed by atoms with E-state index in [1.54, 1.807) is 0 Å². The van der Waals surface area contributed by atoms with Gasteiger partial charge in [-0.1, -0.05) is 0 Å². The molecule has 0 aromatic carbocycles. The van der Waals surface area contributed by atoms with Crippen molar-refractivity contribution in [1.82, 2.24) is 15.5 Å². The number of piperidine rings is 1. The minimum Gasteiger partial charge on any atom is -0.355 e. The Bertz CT molecular complexity index is 362. The third-order valence-electron chi connectivity index (χ3n) is 3.79. The van der Waals surface area contributed by atoms with E-state index in [1.165, 1.54) is 0 Å². The summed E-state index contributed by atoms with van der Waals surface area (Å²) in [5, 5.41) is 5.94. The molecule has 0 bridgehead atoms. The van der Waals surface area contributed by atoms with Crippen LogP contribution in [0.4, 0.5) is 0 Å². The summed E-state index contributed by atoms with van der Waals surface area (Å²) >= 11 is 0. The Kier molecular flexibility index (Phi) is 4.13. The normalized spacial score (nSPS) is 29.1. The number of carbonyl (C=O) groups excluding carboxylic acids is 2. The maximum atomic E-state index is 12.1. The molecule has 2 fully saturated rings. The topological polar surface area (TPSA) is 61.4 Å². The smallest absolute Gasteiger partial charge is 0.237 e. The first-order chi connectivity index (χ1) is 8.87. The van der Waals surface area contributed by atoms with Crippen molar-refractivity contribution in [2.24, 2.45) is 5.92 Å². The number of amides is 2. The summed E-state index contributed by atoms with van der Waals surface area (Å²) in [5.41, 5.74) is -0.188. The van der Waals surface area contributed by atoms with E-state index in [9.17, 15) is 9.59 Å². The van der Waals surface area contributed by atoms with Crippen molar-refractivity contribution in [3.8, 4) is 0 Å². The van der Waals surface area contributed by atoms with Gasteiger partial charge in [-0.2, -0.15) is 0 Å². The fourth-order valence-corrected chi connectivity index (χ4v) is 2.86. The van der Waals surface area contributed by atoms with Gasteiger partial charge in [0, 0.05) is 18.6 Å². The summed E-state index contributed by atoms with van der Waals surface area (Å²) in [4.78, 5) is 26.1. The average molecular weight is 267 g/mol. The predicted molar refractivity (Wildman–Crippen MR) is 73.6 cm³/mol. The van der Waals surface area contributed by atoms with Gasteiger partial charge >= 0.3 is 0 Å². The van der Waals surface area contributed by atoms with E-state index in [4.69, 9.17) is 0 Å². The highest BCUT2D eigenvalue weighted by Crippen LogP contribution is 2.23. The number of rotatable bonds is 2. The zero-order valence-electron chi connectivity index (χ0n) is 12.2. The first-order valence-electron chi connectivity index (χ1n) is 7.20. The maximum Gasteiger partial charge on any atom is 0.237 e. The summed E-state index contributed by atoms with van der Waals surface area (Å²) in [5.74, 6) is 0.267. The number of carbonyl (C=O) groups is 2. The van der Waals surface area contributed by atoms with Crippen LogP contribution in [-0.4, -0.2) is 47.9 Å². The molecule has 2 rings (SSSR count). The molecule has 2 amide bonds. The van der Waals surface area contributed by atoms with Gasteiger partial charge in [-0.3, -0.25) is 14.5 Å². The fourth-order valence-electron chi connectivity index (χ4n) is 2.86. The molecular weight excluding hydrogens is 242 g/mol. The first kappa shape index (κ1) is 14.3. The van der Waals surface area contributed by atoms with E-state index in [0.29, 0.717) is 6.54 Å². The predicted octanol–water partition coefficient (Wildman–Crippen LogP) is 0.502. The highest BCUT2D eigenvalue weighted by Gasteiger charge is 2.36. The minimum absolute atomic E-state index is 0.0222. The van der Waals surface area contributed by atoms with Crippen LogP contribution in [0.2, 0.25) is 0 Å². The van der Waals surface area contributed by atoms with E-state index >= 15 is 0 Å². The molecule has 0 aliphatic carbocycles. The summed E-state index contributed by atoms with van der Waals surface area (Å²) < 4.78 is 0. The molecule has 2 aliphatic rings. The van der Waals surface area contributed by atoms with Crippen molar-refractivity contribution in [2.45, 2.75) is 51.6 Å². The van der Waals surface area contributed by atoms with Gasteiger partial charge in [0.05, 0.1) is 12.0 Å². The molecule has 0 radical (unpaired) electrons. The lowest BCUT2D eigenvalue weighted by Gasteiger charge is -2.30. The lowest BCUT2D eigenvalue weighted by Crippen LogP contribution is -2.50. The van der Waals surface area contributed by atoms with Gasteiger partial charge in [-0.15, -0.1) is 0 Å². The molecule has 0 saturated carbocycles. The molecule has 2 heterocycles. The van der Waals surface area contributed by atoms with Crippen LogP contribution in [0.1, 0.15) is 40.0 Å². The van der Waals surface area contributed by atoms with Crippen LogP contribution in [-0.2, 0) is 9.59 Å². The van der Waals surface area contributed by atoms with Crippen LogP contribution in [0, 0.1) is 5.92 Å². The monoisotopic (exact) mass is 267 g/mol. The molecule has 5 heteroatoms. The Morgan fingerprint density at radius 2 is 2.11 bits per heavy atom. The minimum atomic E-state index is -0.188. The quantitative estimate of drug-likeness (QED) is 0.766. The van der Waals surface area contributed by atoms with Gasteiger partial charge in [0.25, 0.3) is 0 Å². The van der Waals surface area contributed by atoms with Gasteiger partial charge in [-0.05, 0) is 46.6 Å². The number of nitrogens with one attached hydrogen (secondary N) is 2. The highest BCUT2D eigenvalue weighted by atomic mass is 16.2. The van der Waals surface area contributed by atoms with Gasteiger partial charge < -0.3 is 10.6 Å². The van der Waals surface area contributed by atoms with Crippen molar-refractivity contribution in [3.63, 3.8) is 0 Å². The summed E-state index contributed by atoms with van der Waals surface area (Å²) in [6, 6.07) is -0.0267. The number of hydrogen-bond donors (Lipinski definition) is 2. The third kappa shape index (κ3) is 3.69. The maximum absolute atomic E-state index is 12.1. The second kappa shape index (κ2) is 5.49. The molecule has 19 heavy (non-hydrogen) atoms. The number of likely N-dealkylation sites (tertiary alicyclic amines) is 1. The molecule has 5 nitrogen and oxygen atoms in total. The molecule has 2 N–H and O–H groups in total. The van der Waals surface area contributed by atoms with Crippen molar-refractivity contribution in [2.75, 3.05) is 19.6 Å². The molecule has 2 unspecified atom stereocenters. The second-order valence-electron chi connectivity index (χ2n) is 6.67. The molecule has 108 valence electrons. The Balaban J connectivity index is 1.89. The van der Waals surface area contributed by atoms with Gasteiger partial charge in [-0.25, -0.2) is 0 Å². The SMILES string of the molecule is CC(C)(C)NC(=O)C1CCN(C2CCCNC2=O)C1. The Morgan fingerprint density at radius 1 is 1.37 bits per heavy atom. The first-order valence-corrected chi connectivity index (χ1v) is 7.20. The fraction of sp³-hybridized carbons (Fsp3) is 0.857. The van der Waals surface area contributed by atoms with Gasteiger partial charge in [0.15, 0.2) is 0 Å². The molecular formula is C14H25N3O2. The third-order valence-corrected chi connectivity index (χ3v) is 3.79. The highest BCUT2D eigenvalue weighted by molar-refractivity contribution is 5.83. The lowest BCUT2D eigenvalue weighted by molar-refractivity contribution is -0.129. The van der Waals surface area contributed by atoms with E-state index in [1.807, 2.05) is 20.8 Å². The van der Waals surface area contributed by atoms with Crippen molar-refractivity contribution in [3.05, 3.63) is 0 Å². The van der Waals surface area contributed by atoms with E-state index < -0.39 is 0 Å². The van der Waals surface area contributed by atoms with E-state index in [-0.39, 0.29) is 29.3 Å². The lowest BCUT2D eigenvalue weighted by atomic mass is 10.0. The van der Waals surface area contributed by atoms with Crippen LogP contribution in [0.25, 0.3) is 0 Å². The van der Waals surface area contributed by atoms with Crippen LogP contribution < -0.4 is 10.6 Å². The average Bonchev–Trinajstić information content (AvgIpc) is 2.76. The molecule has 0 spiro atoms. The van der Waals surface area contributed by atoms with Crippen LogP contribution >= 0.6 is 0 Å². The van der Waals surface area contributed by atoms with Crippen molar-refractivity contribution in [1.29, 1.82) is 0 Å². The van der Waals surface area contributed by atoms with Crippen LogP contribution in [0.15, 0.2) is 0 Å². The largest absolute Gasteiger partial charge is 0.355 e. The van der Waals surface area contributed by atoms with Gasteiger partial charge in [0.2, 0.25) is 11.8 Å². The van der Waals surface area contributed by atoms with Gasteiger partial charge in [0.1, 0.15) is 0 Å². The van der Waals surface area contributed by atoms with Crippen molar-refractivity contribution < 1.29 is 9.59 Å².